The lowest BCUT2D eigenvalue weighted by Gasteiger charge is -2.20. The molecule has 0 aromatic heterocycles. The summed E-state index contributed by atoms with van der Waals surface area (Å²) in [6, 6.07) is 6.48. The van der Waals surface area contributed by atoms with Gasteiger partial charge >= 0.3 is 6.18 Å². The predicted molar refractivity (Wildman–Crippen MR) is 53.6 cm³/mol. The van der Waals surface area contributed by atoms with E-state index in [0.717, 1.165) is 5.56 Å². The van der Waals surface area contributed by atoms with Crippen LogP contribution in [0.25, 0.3) is 0 Å². The first kappa shape index (κ1) is 12.0. The van der Waals surface area contributed by atoms with Gasteiger partial charge in [-0.3, -0.25) is 0 Å². The molecule has 1 aromatic rings. The Balaban J connectivity index is 2.99. The highest BCUT2D eigenvalue weighted by Crippen LogP contribution is 2.37. The van der Waals surface area contributed by atoms with E-state index in [4.69, 9.17) is 5.73 Å². The van der Waals surface area contributed by atoms with Crippen LogP contribution < -0.4 is 5.73 Å². The Labute approximate surface area is 87.1 Å². The van der Waals surface area contributed by atoms with Crippen molar-refractivity contribution < 1.29 is 13.2 Å². The number of rotatable bonds is 3. The summed E-state index contributed by atoms with van der Waals surface area (Å²) in [6.45, 7) is 1.82. The molecule has 4 heteroatoms. The lowest BCUT2D eigenvalue weighted by Crippen LogP contribution is -2.23. The molecule has 0 heterocycles. The molecule has 0 saturated heterocycles. The van der Waals surface area contributed by atoms with E-state index in [9.17, 15) is 13.2 Å². The van der Waals surface area contributed by atoms with E-state index >= 15 is 0 Å². The fourth-order valence-electron chi connectivity index (χ4n) is 1.57. The molecule has 0 spiro atoms. The standard InChI is InChI=1S/C11H14F3N/c1-8-3-2-4-9(7-8)10(5-6-15)11(12,13)14/h2-4,7,10H,5-6,15H2,1H3. The summed E-state index contributed by atoms with van der Waals surface area (Å²) in [5.41, 5.74) is 6.33. The van der Waals surface area contributed by atoms with Gasteiger partial charge in [-0.15, -0.1) is 0 Å². The molecule has 0 radical (unpaired) electrons. The molecule has 1 nitrogen and oxygen atoms in total. The van der Waals surface area contributed by atoms with E-state index < -0.39 is 12.1 Å². The van der Waals surface area contributed by atoms with Crippen molar-refractivity contribution in [2.45, 2.75) is 25.4 Å². The highest BCUT2D eigenvalue weighted by molar-refractivity contribution is 5.26. The molecular weight excluding hydrogens is 203 g/mol. The van der Waals surface area contributed by atoms with Crippen LogP contribution in [0.2, 0.25) is 0 Å². The highest BCUT2D eigenvalue weighted by atomic mass is 19.4. The average Bonchev–Trinajstić information content (AvgIpc) is 2.12. The Bertz CT molecular complexity index is 320. The fourth-order valence-corrected chi connectivity index (χ4v) is 1.57. The van der Waals surface area contributed by atoms with Crippen molar-refractivity contribution >= 4 is 0 Å². The van der Waals surface area contributed by atoms with E-state index in [1.54, 1.807) is 25.1 Å². The Morgan fingerprint density at radius 1 is 1.33 bits per heavy atom. The van der Waals surface area contributed by atoms with Crippen LogP contribution in [0.4, 0.5) is 13.2 Å². The molecule has 0 bridgehead atoms. The van der Waals surface area contributed by atoms with Crippen LogP contribution >= 0.6 is 0 Å². The van der Waals surface area contributed by atoms with Crippen LogP contribution in [0.15, 0.2) is 24.3 Å². The number of halogens is 3. The van der Waals surface area contributed by atoms with Crippen molar-refractivity contribution in [2.24, 2.45) is 5.73 Å². The summed E-state index contributed by atoms with van der Waals surface area (Å²) in [4.78, 5) is 0. The SMILES string of the molecule is Cc1cccc(C(CCN)C(F)(F)F)c1. The summed E-state index contributed by atoms with van der Waals surface area (Å²) in [5.74, 6) is -1.44. The molecule has 1 unspecified atom stereocenters. The molecule has 1 rings (SSSR count). The third-order valence-corrected chi connectivity index (χ3v) is 2.29. The van der Waals surface area contributed by atoms with E-state index in [-0.39, 0.29) is 13.0 Å². The Hall–Kier alpha value is -1.03. The zero-order valence-corrected chi connectivity index (χ0v) is 8.51. The molecule has 1 aromatic carbocycles. The van der Waals surface area contributed by atoms with E-state index in [1.807, 2.05) is 0 Å². The first-order valence-electron chi connectivity index (χ1n) is 4.78. The molecule has 0 saturated carbocycles. The molecule has 0 amide bonds. The maximum Gasteiger partial charge on any atom is 0.395 e. The molecule has 0 aliphatic carbocycles. The van der Waals surface area contributed by atoms with Crippen LogP contribution in [-0.2, 0) is 0 Å². The monoisotopic (exact) mass is 217 g/mol. The van der Waals surface area contributed by atoms with Gasteiger partial charge in [-0.1, -0.05) is 29.8 Å². The average molecular weight is 217 g/mol. The van der Waals surface area contributed by atoms with Crippen molar-refractivity contribution in [1.29, 1.82) is 0 Å². The molecular formula is C11H14F3N. The van der Waals surface area contributed by atoms with Crippen molar-refractivity contribution in [3.8, 4) is 0 Å². The number of hydrogen-bond donors (Lipinski definition) is 1. The van der Waals surface area contributed by atoms with Gasteiger partial charge in [-0.05, 0) is 25.5 Å². The van der Waals surface area contributed by atoms with Crippen LogP contribution in [0, 0.1) is 6.92 Å². The maximum absolute atomic E-state index is 12.7. The van der Waals surface area contributed by atoms with Gasteiger partial charge in [0.1, 0.15) is 0 Å². The Morgan fingerprint density at radius 2 is 2.00 bits per heavy atom. The lowest BCUT2D eigenvalue weighted by molar-refractivity contribution is -0.151. The van der Waals surface area contributed by atoms with Crippen molar-refractivity contribution in [2.75, 3.05) is 6.54 Å². The topological polar surface area (TPSA) is 26.0 Å². The quantitative estimate of drug-likeness (QED) is 0.827. The molecule has 0 aliphatic heterocycles. The number of benzene rings is 1. The van der Waals surface area contributed by atoms with Gasteiger partial charge in [-0.25, -0.2) is 0 Å². The van der Waals surface area contributed by atoms with Gasteiger partial charge in [-0.2, -0.15) is 13.2 Å². The van der Waals surface area contributed by atoms with Crippen LogP contribution in [0.3, 0.4) is 0 Å². The van der Waals surface area contributed by atoms with E-state index in [1.165, 1.54) is 6.07 Å². The Kier molecular flexibility index (Phi) is 3.74. The summed E-state index contributed by atoms with van der Waals surface area (Å²) in [5, 5.41) is 0. The van der Waals surface area contributed by atoms with Crippen LogP contribution in [0.5, 0.6) is 0 Å². The third-order valence-electron chi connectivity index (χ3n) is 2.29. The smallest absolute Gasteiger partial charge is 0.330 e. The first-order valence-corrected chi connectivity index (χ1v) is 4.78. The minimum atomic E-state index is -4.22. The second kappa shape index (κ2) is 4.66. The zero-order valence-electron chi connectivity index (χ0n) is 8.51. The van der Waals surface area contributed by atoms with Gasteiger partial charge in [0.15, 0.2) is 0 Å². The summed E-state index contributed by atoms with van der Waals surface area (Å²) >= 11 is 0. The molecule has 0 aliphatic rings. The first-order chi connectivity index (χ1) is 6.95. The van der Waals surface area contributed by atoms with Gasteiger partial charge in [0.05, 0.1) is 5.92 Å². The number of nitrogens with two attached hydrogens (primary N) is 1. The predicted octanol–water partition coefficient (Wildman–Crippen LogP) is 2.99. The molecule has 0 fully saturated rings. The lowest BCUT2D eigenvalue weighted by atomic mass is 9.94. The summed E-state index contributed by atoms with van der Waals surface area (Å²) in [6.07, 6.45) is -4.28. The number of aryl methyl sites for hydroxylation is 1. The summed E-state index contributed by atoms with van der Waals surface area (Å²) in [7, 11) is 0. The van der Waals surface area contributed by atoms with Crippen molar-refractivity contribution in [3.63, 3.8) is 0 Å². The second-order valence-corrected chi connectivity index (χ2v) is 3.59. The van der Waals surface area contributed by atoms with Gasteiger partial charge in [0, 0.05) is 0 Å². The summed E-state index contributed by atoms with van der Waals surface area (Å²) < 4.78 is 38.0. The maximum atomic E-state index is 12.7. The van der Waals surface area contributed by atoms with Gasteiger partial charge < -0.3 is 5.73 Å². The minimum Gasteiger partial charge on any atom is -0.330 e. The highest BCUT2D eigenvalue weighted by Gasteiger charge is 2.39. The van der Waals surface area contributed by atoms with Crippen molar-refractivity contribution in [1.82, 2.24) is 0 Å². The van der Waals surface area contributed by atoms with Crippen LogP contribution in [0.1, 0.15) is 23.5 Å². The number of hydrogen-bond acceptors (Lipinski definition) is 1. The van der Waals surface area contributed by atoms with Crippen LogP contribution in [-0.4, -0.2) is 12.7 Å². The van der Waals surface area contributed by atoms with E-state index in [2.05, 4.69) is 0 Å². The largest absolute Gasteiger partial charge is 0.395 e. The second-order valence-electron chi connectivity index (χ2n) is 3.59. The molecule has 84 valence electrons. The van der Waals surface area contributed by atoms with Gasteiger partial charge in [0.25, 0.3) is 0 Å². The number of alkyl halides is 3. The zero-order chi connectivity index (χ0) is 11.5. The Morgan fingerprint density at radius 3 is 2.47 bits per heavy atom. The molecule has 1 atom stereocenters. The third kappa shape index (κ3) is 3.23. The normalized spacial score (nSPS) is 13.9. The van der Waals surface area contributed by atoms with E-state index in [0.29, 0.717) is 5.56 Å². The fraction of sp³-hybridized carbons (Fsp3) is 0.455. The molecule has 2 N–H and O–H groups in total. The minimum absolute atomic E-state index is 0.0398. The van der Waals surface area contributed by atoms with Gasteiger partial charge in [0.2, 0.25) is 0 Å². The molecule has 15 heavy (non-hydrogen) atoms. The van der Waals surface area contributed by atoms with Crippen molar-refractivity contribution in [3.05, 3.63) is 35.4 Å².